The molecular formula is C15H14N4O5. The number of H-pyrrole nitrogens is 1. The molecule has 2 heterocycles. The van der Waals surface area contributed by atoms with E-state index in [-0.39, 0.29) is 19.4 Å². The molecule has 0 fully saturated rings. The number of aryl methyl sites for hydroxylation is 1. The predicted octanol–water partition coefficient (Wildman–Crippen LogP) is 1.21. The second-order valence-corrected chi connectivity index (χ2v) is 5.16. The summed E-state index contributed by atoms with van der Waals surface area (Å²) in [5.74, 6) is -0.0657. The lowest BCUT2D eigenvalue weighted by Gasteiger charge is -2.09. The number of aromatic amines is 1. The van der Waals surface area contributed by atoms with Crippen molar-refractivity contribution < 1.29 is 19.1 Å². The predicted molar refractivity (Wildman–Crippen MR) is 81.7 cm³/mol. The van der Waals surface area contributed by atoms with Gasteiger partial charge in [-0.25, -0.2) is 4.79 Å². The molecule has 3 aromatic rings. The van der Waals surface area contributed by atoms with Crippen LogP contribution in [0.25, 0.3) is 11.0 Å². The third kappa shape index (κ3) is 3.24. The summed E-state index contributed by atoms with van der Waals surface area (Å²) in [6, 6.07) is 5.10. The molecule has 1 aromatic carbocycles. The number of hydrogen-bond acceptors (Lipinski definition) is 7. The van der Waals surface area contributed by atoms with Crippen LogP contribution in [0.3, 0.4) is 0 Å². The van der Waals surface area contributed by atoms with Crippen LogP contribution in [-0.4, -0.2) is 31.7 Å². The first-order chi connectivity index (χ1) is 11.5. The van der Waals surface area contributed by atoms with Gasteiger partial charge in [-0.1, -0.05) is 5.21 Å². The van der Waals surface area contributed by atoms with Crippen molar-refractivity contribution in [3.63, 3.8) is 0 Å². The SMILES string of the molecule is Cc1c(CCC(=O)O)c(=O)oc2cc(OCc3nn[nH]n3)ccc12. The molecule has 0 saturated heterocycles. The molecule has 0 aliphatic rings. The Hall–Kier alpha value is -3.23. The van der Waals surface area contributed by atoms with E-state index in [1.807, 2.05) is 0 Å². The number of hydrogen-bond donors (Lipinski definition) is 2. The Balaban J connectivity index is 1.88. The molecular weight excluding hydrogens is 316 g/mol. The van der Waals surface area contributed by atoms with E-state index in [2.05, 4.69) is 20.6 Å². The van der Waals surface area contributed by atoms with Gasteiger partial charge >= 0.3 is 11.6 Å². The van der Waals surface area contributed by atoms with Crippen LogP contribution in [0.5, 0.6) is 5.75 Å². The van der Waals surface area contributed by atoms with E-state index < -0.39 is 11.6 Å². The van der Waals surface area contributed by atoms with Gasteiger partial charge in [0.05, 0.1) is 0 Å². The van der Waals surface area contributed by atoms with Gasteiger partial charge < -0.3 is 14.3 Å². The lowest BCUT2D eigenvalue weighted by Crippen LogP contribution is -2.12. The smallest absolute Gasteiger partial charge is 0.339 e. The molecule has 0 saturated carbocycles. The van der Waals surface area contributed by atoms with E-state index in [4.69, 9.17) is 14.3 Å². The summed E-state index contributed by atoms with van der Waals surface area (Å²) >= 11 is 0. The van der Waals surface area contributed by atoms with Crippen molar-refractivity contribution in [1.29, 1.82) is 0 Å². The van der Waals surface area contributed by atoms with Crippen molar-refractivity contribution >= 4 is 16.9 Å². The number of fused-ring (bicyclic) bond motifs is 1. The van der Waals surface area contributed by atoms with Crippen molar-refractivity contribution in [3.8, 4) is 5.75 Å². The number of ether oxygens (including phenoxy) is 1. The number of aromatic nitrogens is 4. The zero-order valence-corrected chi connectivity index (χ0v) is 12.8. The number of nitrogens with zero attached hydrogens (tertiary/aromatic N) is 3. The van der Waals surface area contributed by atoms with Crippen LogP contribution in [0.4, 0.5) is 0 Å². The van der Waals surface area contributed by atoms with E-state index in [0.29, 0.717) is 28.3 Å². The van der Waals surface area contributed by atoms with Gasteiger partial charge in [0.15, 0.2) is 6.61 Å². The Labute approximate surface area is 135 Å². The van der Waals surface area contributed by atoms with Crippen LogP contribution in [0.15, 0.2) is 27.4 Å². The van der Waals surface area contributed by atoms with Crippen LogP contribution < -0.4 is 10.4 Å². The number of carboxylic acid groups (broad SMARTS) is 1. The minimum Gasteiger partial charge on any atom is -0.485 e. The summed E-state index contributed by atoms with van der Waals surface area (Å²) in [6.07, 6.45) is 0.0124. The minimum absolute atomic E-state index is 0.122. The Morgan fingerprint density at radius 1 is 1.42 bits per heavy atom. The summed E-state index contributed by atoms with van der Waals surface area (Å²) in [5.41, 5.74) is 0.941. The van der Waals surface area contributed by atoms with Crippen molar-refractivity contribution in [2.75, 3.05) is 0 Å². The first-order valence-electron chi connectivity index (χ1n) is 7.18. The van der Waals surface area contributed by atoms with Crippen LogP contribution in [-0.2, 0) is 17.8 Å². The highest BCUT2D eigenvalue weighted by Crippen LogP contribution is 2.25. The lowest BCUT2D eigenvalue weighted by atomic mass is 10.0. The van der Waals surface area contributed by atoms with E-state index in [1.54, 1.807) is 25.1 Å². The van der Waals surface area contributed by atoms with Gasteiger partial charge in [0.25, 0.3) is 0 Å². The summed E-state index contributed by atoms with van der Waals surface area (Å²) in [7, 11) is 0. The van der Waals surface area contributed by atoms with Gasteiger partial charge in [-0.2, -0.15) is 5.21 Å². The zero-order valence-electron chi connectivity index (χ0n) is 12.8. The number of carbonyl (C=O) groups is 1. The average molecular weight is 330 g/mol. The number of tetrazole rings is 1. The highest BCUT2D eigenvalue weighted by Gasteiger charge is 2.13. The number of rotatable bonds is 6. The van der Waals surface area contributed by atoms with Gasteiger partial charge in [0, 0.05) is 23.4 Å². The fraction of sp³-hybridized carbons (Fsp3) is 0.267. The molecule has 0 aliphatic carbocycles. The summed E-state index contributed by atoms with van der Waals surface area (Å²) in [4.78, 5) is 22.8. The normalized spacial score (nSPS) is 10.9. The van der Waals surface area contributed by atoms with E-state index >= 15 is 0 Å². The summed E-state index contributed by atoms with van der Waals surface area (Å²) in [6.45, 7) is 1.90. The van der Waals surface area contributed by atoms with E-state index in [0.717, 1.165) is 5.39 Å². The quantitative estimate of drug-likeness (QED) is 0.645. The molecule has 0 aliphatic heterocycles. The maximum atomic E-state index is 12.1. The number of carboxylic acids is 1. The fourth-order valence-corrected chi connectivity index (χ4v) is 2.38. The molecule has 9 nitrogen and oxygen atoms in total. The topological polar surface area (TPSA) is 131 Å². The van der Waals surface area contributed by atoms with Crippen LogP contribution in [0.2, 0.25) is 0 Å². The Bertz CT molecular complexity index is 933. The average Bonchev–Trinajstić information content (AvgIpc) is 3.05. The highest BCUT2D eigenvalue weighted by atomic mass is 16.5. The standard InChI is InChI=1S/C15H14N4O5/c1-8-10-3-2-9(23-7-13-16-18-19-17-13)6-12(10)24-15(22)11(8)4-5-14(20)21/h2-3,6H,4-5,7H2,1H3,(H,20,21)(H,16,17,18,19). The molecule has 3 rings (SSSR count). The maximum absolute atomic E-state index is 12.1. The molecule has 9 heteroatoms. The zero-order chi connectivity index (χ0) is 17.1. The molecule has 2 aromatic heterocycles. The monoisotopic (exact) mass is 330 g/mol. The van der Waals surface area contributed by atoms with Gasteiger partial charge in [-0.3, -0.25) is 4.79 Å². The molecule has 2 N–H and O–H groups in total. The number of nitrogens with one attached hydrogen (secondary N) is 1. The molecule has 0 radical (unpaired) electrons. The molecule has 24 heavy (non-hydrogen) atoms. The molecule has 124 valence electrons. The van der Waals surface area contributed by atoms with Crippen molar-refractivity contribution in [3.05, 3.63) is 45.6 Å². The molecule has 0 amide bonds. The third-order valence-electron chi connectivity index (χ3n) is 3.60. The molecule has 0 spiro atoms. The van der Waals surface area contributed by atoms with E-state index in [9.17, 15) is 9.59 Å². The van der Waals surface area contributed by atoms with Crippen LogP contribution >= 0.6 is 0 Å². The molecule has 0 atom stereocenters. The van der Waals surface area contributed by atoms with Gasteiger partial charge in [-0.15, -0.1) is 10.2 Å². The molecule has 0 unspecified atom stereocenters. The molecule has 0 bridgehead atoms. The Morgan fingerprint density at radius 3 is 2.96 bits per heavy atom. The Morgan fingerprint density at radius 2 is 2.25 bits per heavy atom. The summed E-state index contributed by atoms with van der Waals surface area (Å²) in [5, 5.41) is 22.8. The van der Waals surface area contributed by atoms with Crippen molar-refractivity contribution in [2.24, 2.45) is 0 Å². The largest absolute Gasteiger partial charge is 0.485 e. The number of aliphatic carboxylic acids is 1. The second kappa shape index (κ2) is 6.49. The number of benzene rings is 1. The first kappa shape index (κ1) is 15.7. The van der Waals surface area contributed by atoms with Gasteiger partial charge in [0.2, 0.25) is 5.82 Å². The van der Waals surface area contributed by atoms with Crippen molar-refractivity contribution in [1.82, 2.24) is 20.6 Å². The van der Waals surface area contributed by atoms with E-state index in [1.165, 1.54) is 0 Å². The van der Waals surface area contributed by atoms with Gasteiger partial charge in [0.1, 0.15) is 11.3 Å². The van der Waals surface area contributed by atoms with Crippen LogP contribution in [0.1, 0.15) is 23.4 Å². The first-order valence-corrected chi connectivity index (χ1v) is 7.18. The fourth-order valence-electron chi connectivity index (χ4n) is 2.38. The van der Waals surface area contributed by atoms with Gasteiger partial charge in [-0.05, 0) is 31.0 Å². The lowest BCUT2D eigenvalue weighted by molar-refractivity contribution is -0.136. The van der Waals surface area contributed by atoms with Crippen molar-refractivity contribution in [2.45, 2.75) is 26.4 Å². The highest BCUT2D eigenvalue weighted by molar-refractivity contribution is 5.82. The third-order valence-corrected chi connectivity index (χ3v) is 3.60. The van der Waals surface area contributed by atoms with Crippen LogP contribution in [0, 0.1) is 6.92 Å². The Kier molecular flexibility index (Phi) is 4.23. The maximum Gasteiger partial charge on any atom is 0.339 e. The minimum atomic E-state index is -0.959. The summed E-state index contributed by atoms with van der Waals surface area (Å²) < 4.78 is 10.8. The second-order valence-electron chi connectivity index (χ2n) is 5.16.